The molecule has 4 rings (SSSR count). The number of fused-ring (bicyclic) bond motifs is 1. The van der Waals surface area contributed by atoms with E-state index in [0.29, 0.717) is 12.6 Å². The van der Waals surface area contributed by atoms with Crippen LogP contribution in [0.5, 0.6) is 5.75 Å². The van der Waals surface area contributed by atoms with Crippen molar-refractivity contribution in [2.75, 3.05) is 20.2 Å². The number of ether oxygens (including phenoxy) is 1. The van der Waals surface area contributed by atoms with Gasteiger partial charge in [-0.05, 0) is 30.3 Å². The van der Waals surface area contributed by atoms with E-state index < -0.39 is 0 Å². The molecule has 1 aliphatic heterocycles. The van der Waals surface area contributed by atoms with E-state index in [-0.39, 0.29) is 5.56 Å². The number of H-pyrrole nitrogens is 1. The first-order chi connectivity index (χ1) is 11.2. The second-order valence-corrected chi connectivity index (χ2v) is 5.91. The maximum Gasteiger partial charge on any atom is 0.252 e. The van der Waals surface area contributed by atoms with Gasteiger partial charge in [-0.1, -0.05) is 0 Å². The van der Waals surface area contributed by atoms with Gasteiger partial charge in [0.1, 0.15) is 5.75 Å². The average Bonchev–Trinajstić information content (AvgIpc) is 3.04. The number of methoxy groups -OCH3 is 1. The van der Waals surface area contributed by atoms with Crippen molar-refractivity contribution in [1.29, 1.82) is 0 Å². The van der Waals surface area contributed by atoms with Crippen molar-refractivity contribution in [2.24, 2.45) is 0 Å². The zero-order valence-electron chi connectivity index (χ0n) is 12.9. The predicted octanol–water partition coefficient (Wildman–Crippen LogP) is 1.79. The smallest absolute Gasteiger partial charge is 0.252 e. The Morgan fingerprint density at radius 3 is 2.96 bits per heavy atom. The number of pyridine rings is 1. The van der Waals surface area contributed by atoms with Crippen LogP contribution in [0.1, 0.15) is 11.6 Å². The van der Waals surface area contributed by atoms with Crippen molar-refractivity contribution < 1.29 is 4.74 Å². The molecule has 0 bridgehead atoms. The highest BCUT2D eigenvalue weighted by Crippen LogP contribution is 2.23. The van der Waals surface area contributed by atoms with Crippen molar-refractivity contribution in [1.82, 2.24) is 19.7 Å². The predicted molar refractivity (Wildman–Crippen MR) is 87.7 cm³/mol. The van der Waals surface area contributed by atoms with Crippen LogP contribution in [0.4, 0.5) is 0 Å². The summed E-state index contributed by atoms with van der Waals surface area (Å²) in [5.74, 6) is 0.790. The summed E-state index contributed by atoms with van der Waals surface area (Å²) in [5.41, 5.74) is 1.59. The minimum atomic E-state index is -0.0230. The number of benzene rings is 1. The van der Waals surface area contributed by atoms with Gasteiger partial charge in [-0.3, -0.25) is 14.4 Å². The highest BCUT2D eigenvalue weighted by atomic mass is 16.5. The lowest BCUT2D eigenvalue weighted by Gasteiger charge is -2.39. The van der Waals surface area contributed by atoms with Crippen molar-refractivity contribution in [3.8, 4) is 5.75 Å². The van der Waals surface area contributed by atoms with E-state index in [1.54, 1.807) is 13.3 Å². The molecule has 3 heterocycles. The summed E-state index contributed by atoms with van der Waals surface area (Å²) < 4.78 is 7.23. The molecule has 1 saturated heterocycles. The standard InChI is InChI=1S/C17H18N4O2/c1-23-15-3-4-16-12(8-15)7-13(17(22)19-16)9-20-10-14(11-20)21-6-2-5-18-21/h2-8,14H,9-11H2,1H3,(H,19,22). The molecule has 1 aromatic carbocycles. The Hall–Kier alpha value is -2.60. The fourth-order valence-corrected chi connectivity index (χ4v) is 3.05. The first-order valence-electron chi connectivity index (χ1n) is 7.64. The van der Waals surface area contributed by atoms with Gasteiger partial charge >= 0.3 is 0 Å². The van der Waals surface area contributed by atoms with E-state index in [2.05, 4.69) is 15.0 Å². The second-order valence-electron chi connectivity index (χ2n) is 5.91. The van der Waals surface area contributed by atoms with Gasteiger partial charge in [-0.15, -0.1) is 0 Å². The van der Waals surface area contributed by atoms with Crippen LogP contribution in [0.2, 0.25) is 0 Å². The summed E-state index contributed by atoms with van der Waals surface area (Å²) in [4.78, 5) is 17.4. The SMILES string of the molecule is COc1ccc2[nH]c(=O)c(CN3CC(n4cccn4)C3)cc2c1. The van der Waals surface area contributed by atoms with Crippen LogP contribution in [0.3, 0.4) is 0 Å². The Labute approximate surface area is 133 Å². The van der Waals surface area contributed by atoms with Crippen molar-refractivity contribution in [2.45, 2.75) is 12.6 Å². The van der Waals surface area contributed by atoms with Gasteiger partial charge < -0.3 is 9.72 Å². The molecule has 0 spiro atoms. The first-order valence-corrected chi connectivity index (χ1v) is 7.64. The maximum atomic E-state index is 12.2. The summed E-state index contributed by atoms with van der Waals surface area (Å²) in [7, 11) is 1.64. The quantitative estimate of drug-likeness (QED) is 0.798. The monoisotopic (exact) mass is 310 g/mol. The zero-order valence-corrected chi connectivity index (χ0v) is 12.9. The fourth-order valence-electron chi connectivity index (χ4n) is 3.05. The molecule has 6 nitrogen and oxygen atoms in total. The van der Waals surface area contributed by atoms with E-state index in [1.807, 2.05) is 41.2 Å². The molecule has 0 atom stereocenters. The fraction of sp³-hybridized carbons (Fsp3) is 0.294. The van der Waals surface area contributed by atoms with E-state index in [9.17, 15) is 4.79 Å². The summed E-state index contributed by atoms with van der Waals surface area (Å²) >= 11 is 0. The lowest BCUT2D eigenvalue weighted by Crippen LogP contribution is -2.47. The molecule has 1 N–H and O–H groups in total. The summed E-state index contributed by atoms with van der Waals surface area (Å²) in [5, 5.41) is 5.25. The number of aromatic amines is 1. The molecule has 0 radical (unpaired) electrons. The third-order valence-corrected chi connectivity index (χ3v) is 4.36. The van der Waals surface area contributed by atoms with Crippen molar-refractivity contribution >= 4 is 10.9 Å². The number of aromatic nitrogens is 3. The number of rotatable bonds is 4. The average molecular weight is 310 g/mol. The summed E-state index contributed by atoms with van der Waals surface area (Å²) in [6.07, 6.45) is 3.78. The van der Waals surface area contributed by atoms with Gasteiger partial charge in [0.15, 0.2) is 0 Å². The van der Waals surface area contributed by atoms with E-state index in [4.69, 9.17) is 4.74 Å². The molecule has 1 fully saturated rings. The Morgan fingerprint density at radius 2 is 2.22 bits per heavy atom. The molecule has 0 unspecified atom stereocenters. The van der Waals surface area contributed by atoms with Crippen molar-refractivity contribution in [3.63, 3.8) is 0 Å². The van der Waals surface area contributed by atoms with Gasteiger partial charge in [0.05, 0.1) is 13.2 Å². The van der Waals surface area contributed by atoms with Gasteiger partial charge in [0, 0.05) is 48.5 Å². The molecule has 6 heteroatoms. The van der Waals surface area contributed by atoms with Crippen LogP contribution < -0.4 is 10.3 Å². The highest BCUT2D eigenvalue weighted by Gasteiger charge is 2.28. The number of hydrogen-bond donors (Lipinski definition) is 1. The van der Waals surface area contributed by atoms with Gasteiger partial charge in [0.2, 0.25) is 0 Å². The lowest BCUT2D eigenvalue weighted by atomic mass is 10.1. The van der Waals surface area contributed by atoms with Crippen LogP contribution in [0.25, 0.3) is 10.9 Å². The summed E-state index contributed by atoms with van der Waals surface area (Å²) in [6.45, 7) is 2.48. The molecule has 0 aliphatic carbocycles. The molecule has 2 aromatic heterocycles. The highest BCUT2D eigenvalue weighted by molar-refractivity contribution is 5.80. The minimum absolute atomic E-state index is 0.0230. The molecule has 0 amide bonds. The Bertz CT molecular complexity index is 879. The van der Waals surface area contributed by atoms with Crippen LogP contribution in [-0.2, 0) is 6.54 Å². The van der Waals surface area contributed by atoms with E-state index in [1.165, 1.54) is 0 Å². The number of likely N-dealkylation sites (tertiary alicyclic amines) is 1. The van der Waals surface area contributed by atoms with Crippen LogP contribution in [0.15, 0.2) is 47.5 Å². The Morgan fingerprint density at radius 1 is 1.35 bits per heavy atom. The topological polar surface area (TPSA) is 63.2 Å². The van der Waals surface area contributed by atoms with Crippen LogP contribution >= 0.6 is 0 Å². The molecule has 23 heavy (non-hydrogen) atoms. The van der Waals surface area contributed by atoms with Gasteiger partial charge in [-0.25, -0.2) is 0 Å². The van der Waals surface area contributed by atoms with Gasteiger partial charge in [0.25, 0.3) is 5.56 Å². The zero-order chi connectivity index (χ0) is 15.8. The lowest BCUT2D eigenvalue weighted by molar-refractivity contribution is 0.0905. The third kappa shape index (κ3) is 2.61. The van der Waals surface area contributed by atoms with E-state index >= 15 is 0 Å². The number of nitrogens with one attached hydrogen (secondary N) is 1. The van der Waals surface area contributed by atoms with Gasteiger partial charge in [-0.2, -0.15) is 5.10 Å². The normalized spacial score (nSPS) is 15.7. The van der Waals surface area contributed by atoms with Crippen molar-refractivity contribution in [3.05, 3.63) is 58.6 Å². The molecule has 3 aromatic rings. The molecular weight excluding hydrogens is 292 g/mol. The van der Waals surface area contributed by atoms with E-state index in [0.717, 1.165) is 35.3 Å². The van der Waals surface area contributed by atoms with Crippen LogP contribution in [0, 0.1) is 0 Å². The first kappa shape index (κ1) is 14.0. The van der Waals surface area contributed by atoms with Crippen LogP contribution in [-0.4, -0.2) is 39.9 Å². The maximum absolute atomic E-state index is 12.2. The Balaban J connectivity index is 1.53. The third-order valence-electron chi connectivity index (χ3n) is 4.36. The molecular formula is C17H18N4O2. The Kier molecular flexibility index (Phi) is 3.38. The molecule has 118 valence electrons. The minimum Gasteiger partial charge on any atom is -0.497 e. The second kappa shape index (κ2) is 5.55. The largest absolute Gasteiger partial charge is 0.497 e. The number of nitrogens with zero attached hydrogens (tertiary/aromatic N) is 3. The molecule has 0 saturated carbocycles. The summed E-state index contributed by atoms with van der Waals surface area (Å²) in [6, 6.07) is 9.96. The molecule has 1 aliphatic rings. The number of hydrogen-bond acceptors (Lipinski definition) is 4.